The van der Waals surface area contributed by atoms with Crippen molar-refractivity contribution in [3.8, 4) is 0 Å². The van der Waals surface area contributed by atoms with E-state index >= 15 is 0 Å². The van der Waals surface area contributed by atoms with Crippen molar-refractivity contribution < 1.29 is 9.59 Å². The van der Waals surface area contributed by atoms with E-state index in [1.165, 1.54) is 6.42 Å². The fourth-order valence-electron chi connectivity index (χ4n) is 3.27. The van der Waals surface area contributed by atoms with Gasteiger partial charge in [0, 0.05) is 25.6 Å². The Balaban J connectivity index is 1.84. The molecule has 0 aromatic rings. The first-order valence-corrected chi connectivity index (χ1v) is 7.93. The van der Waals surface area contributed by atoms with Crippen LogP contribution in [0.3, 0.4) is 0 Å². The number of carbonyl (C=O) groups is 2. The molecule has 1 aliphatic heterocycles. The van der Waals surface area contributed by atoms with Crippen LogP contribution in [0.25, 0.3) is 0 Å². The molecule has 5 nitrogen and oxygen atoms in total. The average Bonchev–Trinajstić information content (AvgIpc) is 2.48. The maximum atomic E-state index is 12.6. The second-order valence-electron chi connectivity index (χ2n) is 6.20. The Morgan fingerprint density at radius 3 is 2.35 bits per heavy atom. The van der Waals surface area contributed by atoms with Crippen molar-refractivity contribution in [2.24, 2.45) is 5.73 Å². The van der Waals surface area contributed by atoms with Crippen LogP contribution in [0.1, 0.15) is 58.3 Å². The minimum atomic E-state index is -0.627. The number of nitrogens with one attached hydrogen (secondary N) is 1. The first-order valence-electron chi connectivity index (χ1n) is 7.93. The van der Waals surface area contributed by atoms with Crippen molar-refractivity contribution >= 4 is 11.8 Å². The predicted octanol–water partition coefficient (Wildman–Crippen LogP) is 1.17. The number of hydrogen-bond donors (Lipinski definition) is 2. The van der Waals surface area contributed by atoms with Crippen LogP contribution in [-0.4, -0.2) is 41.4 Å². The number of carbonyl (C=O) groups excluding carboxylic acids is 2. The molecule has 20 heavy (non-hydrogen) atoms. The highest BCUT2D eigenvalue weighted by Gasteiger charge is 2.39. The molecule has 0 spiro atoms. The molecule has 1 saturated carbocycles. The van der Waals surface area contributed by atoms with Gasteiger partial charge in [-0.1, -0.05) is 26.2 Å². The summed E-state index contributed by atoms with van der Waals surface area (Å²) in [5.74, 6) is 0.217. The average molecular weight is 281 g/mol. The van der Waals surface area contributed by atoms with E-state index in [0.717, 1.165) is 38.5 Å². The Kier molecular flexibility index (Phi) is 5.02. The van der Waals surface area contributed by atoms with Crippen LogP contribution >= 0.6 is 0 Å². The van der Waals surface area contributed by atoms with Gasteiger partial charge in [0.15, 0.2) is 0 Å². The van der Waals surface area contributed by atoms with Gasteiger partial charge in [-0.3, -0.25) is 9.59 Å². The summed E-state index contributed by atoms with van der Waals surface area (Å²) in [6.45, 7) is 3.29. The van der Waals surface area contributed by atoms with Gasteiger partial charge in [-0.15, -0.1) is 0 Å². The highest BCUT2D eigenvalue weighted by Crippen LogP contribution is 2.28. The van der Waals surface area contributed by atoms with E-state index < -0.39 is 5.54 Å². The monoisotopic (exact) mass is 281 g/mol. The van der Waals surface area contributed by atoms with Crippen molar-refractivity contribution in [2.45, 2.75) is 69.9 Å². The topological polar surface area (TPSA) is 75.4 Å². The molecule has 0 aromatic heterocycles. The number of nitrogens with two attached hydrogens (primary N) is 1. The molecule has 0 atom stereocenters. The summed E-state index contributed by atoms with van der Waals surface area (Å²) in [6, 6.07) is 0.214. The lowest BCUT2D eigenvalue weighted by Crippen LogP contribution is -2.58. The van der Waals surface area contributed by atoms with Gasteiger partial charge in [0.2, 0.25) is 11.8 Å². The maximum absolute atomic E-state index is 12.6. The maximum Gasteiger partial charge on any atom is 0.242 e. The van der Waals surface area contributed by atoms with Crippen LogP contribution < -0.4 is 11.1 Å². The van der Waals surface area contributed by atoms with Gasteiger partial charge >= 0.3 is 0 Å². The molecule has 0 aromatic carbocycles. The van der Waals surface area contributed by atoms with E-state index in [0.29, 0.717) is 19.5 Å². The molecule has 1 saturated heterocycles. The van der Waals surface area contributed by atoms with Crippen molar-refractivity contribution in [1.82, 2.24) is 10.2 Å². The van der Waals surface area contributed by atoms with Gasteiger partial charge in [0.1, 0.15) is 0 Å². The zero-order valence-corrected chi connectivity index (χ0v) is 12.5. The van der Waals surface area contributed by atoms with Crippen LogP contribution in [0.2, 0.25) is 0 Å². The van der Waals surface area contributed by atoms with Gasteiger partial charge in [-0.25, -0.2) is 0 Å². The second kappa shape index (κ2) is 6.57. The van der Waals surface area contributed by atoms with E-state index in [1.54, 1.807) is 0 Å². The smallest absolute Gasteiger partial charge is 0.242 e. The minimum Gasteiger partial charge on any atom is -0.353 e. The van der Waals surface area contributed by atoms with E-state index in [4.69, 9.17) is 5.73 Å². The van der Waals surface area contributed by atoms with Crippen molar-refractivity contribution in [2.75, 3.05) is 13.1 Å². The molecular weight excluding hydrogens is 254 g/mol. The number of rotatable bonds is 3. The minimum absolute atomic E-state index is 0.0948. The van der Waals surface area contributed by atoms with Crippen LogP contribution in [0.4, 0.5) is 0 Å². The fraction of sp³-hybridized carbons (Fsp3) is 0.867. The van der Waals surface area contributed by atoms with Gasteiger partial charge in [0.25, 0.3) is 0 Å². The quantitative estimate of drug-likeness (QED) is 0.815. The largest absolute Gasteiger partial charge is 0.353 e. The van der Waals surface area contributed by atoms with Crippen LogP contribution in [0.5, 0.6) is 0 Å². The molecular formula is C15H27N3O2. The van der Waals surface area contributed by atoms with E-state index in [9.17, 15) is 9.59 Å². The summed E-state index contributed by atoms with van der Waals surface area (Å²) >= 11 is 0. The molecule has 2 rings (SSSR count). The Hall–Kier alpha value is -1.10. The molecule has 1 heterocycles. The van der Waals surface area contributed by atoms with Gasteiger partial charge in [-0.2, -0.15) is 0 Å². The van der Waals surface area contributed by atoms with E-state index in [1.807, 2.05) is 11.8 Å². The third-order valence-corrected chi connectivity index (χ3v) is 4.64. The number of nitrogens with zero attached hydrogens (tertiary/aromatic N) is 1. The first-order chi connectivity index (χ1) is 9.55. The summed E-state index contributed by atoms with van der Waals surface area (Å²) in [5, 5.41) is 3.01. The summed E-state index contributed by atoms with van der Waals surface area (Å²) in [7, 11) is 0. The number of piperidine rings is 1. The van der Waals surface area contributed by atoms with Crippen LogP contribution in [0, 0.1) is 0 Å². The molecule has 1 aliphatic carbocycles. The Labute approximate surface area is 121 Å². The highest BCUT2D eigenvalue weighted by atomic mass is 16.2. The molecule has 5 heteroatoms. The third kappa shape index (κ3) is 3.51. The summed E-state index contributed by atoms with van der Waals surface area (Å²) < 4.78 is 0. The molecule has 0 radical (unpaired) electrons. The van der Waals surface area contributed by atoms with Crippen molar-refractivity contribution in [1.29, 1.82) is 0 Å². The summed E-state index contributed by atoms with van der Waals surface area (Å²) in [6.07, 6.45) is 7.15. The highest BCUT2D eigenvalue weighted by molar-refractivity contribution is 5.86. The summed E-state index contributed by atoms with van der Waals surface area (Å²) in [4.78, 5) is 25.9. The number of amides is 2. The standard InChI is InChI=1S/C15H27N3O2/c1-2-13(19)17-12-6-10-18(11-7-12)14(20)15(16)8-4-3-5-9-15/h12H,2-11,16H2,1H3,(H,17,19). The van der Waals surface area contributed by atoms with Crippen molar-refractivity contribution in [3.63, 3.8) is 0 Å². The zero-order chi connectivity index (χ0) is 14.6. The lowest BCUT2D eigenvalue weighted by atomic mass is 9.81. The molecule has 2 fully saturated rings. The van der Waals surface area contributed by atoms with Gasteiger partial charge < -0.3 is 16.0 Å². The van der Waals surface area contributed by atoms with Crippen LogP contribution in [0.15, 0.2) is 0 Å². The Morgan fingerprint density at radius 2 is 1.80 bits per heavy atom. The zero-order valence-electron chi connectivity index (χ0n) is 12.5. The number of hydrogen-bond acceptors (Lipinski definition) is 3. The molecule has 0 bridgehead atoms. The van der Waals surface area contributed by atoms with Gasteiger partial charge in [-0.05, 0) is 25.7 Å². The fourth-order valence-corrected chi connectivity index (χ4v) is 3.27. The molecule has 2 aliphatic rings. The normalized spacial score (nSPS) is 23.4. The molecule has 2 amide bonds. The lowest BCUT2D eigenvalue weighted by Gasteiger charge is -2.40. The number of likely N-dealkylation sites (tertiary alicyclic amines) is 1. The Bertz CT molecular complexity index is 356. The third-order valence-electron chi connectivity index (χ3n) is 4.64. The Morgan fingerprint density at radius 1 is 1.20 bits per heavy atom. The van der Waals surface area contributed by atoms with E-state index in [2.05, 4.69) is 5.32 Å². The van der Waals surface area contributed by atoms with Crippen LogP contribution in [-0.2, 0) is 9.59 Å². The molecule has 3 N–H and O–H groups in total. The molecule has 0 unspecified atom stereocenters. The summed E-state index contributed by atoms with van der Waals surface area (Å²) in [5.41, 5.74) is 5.68. The van der Waals surface area contributed by atoms with E-state index in [-0.39, 0.29) is 17.9 Å². The van der Waals surface area contributed by atoms with Crippen molar-refractivity contribution in [3.05, 3.63) is 0 Å². The predicted molar refractivity (Wildman–Crippen MR) is 78.0 cm³/mol. The molecule has 114 valence electrons. The second-order valence-corrected chi connectivity index (χ2v) is 6.20. The SMILES string of the molecule is CCC(=O)NC1CCN(C(=O)C2(N)CCCCC2)CC1. The van der Waals surface area contributed by atoms with Gasteiger partial charge in [0.05, 0.1) is 5.54 Å². The lowest BCUT2D eigenvalue weighted by molar-refractivity contribution is -0.139. The first kappa shape index (κ1) is 15.3.